The SMILES string of the molecule is Cc1ccccc1Cn1ccc(=O)cc1-c1cccc(Cl)c1Cl. The molecule has 23 heavy (non-hydrogen) atoms. The van der Waals surface area contributed by atoms with Crippen molar-refractivity contribution < 1.29 is 0 Å². The lowest BCUT2D eigenvalue weighted by molar-refractivity contribution is 0.793. The molecule has 0 N–H and O–H groups in total. The lowest BCUT2D eigenvalue weighted by Gasteiger charge is -2.16. The lowest BCUT2D eigenvalue weighted by atomic mass is 10.1. The summed E-state index contributed by atoms with van der Waals surface area (Å²) in [7, 11) is 0. The van der Waals surface area contributed by atoms with Crippen molar-refractivity contribution in [2.45, 2.75) is 13.5 Å². The summed E-state index contributed by atoms with van der Waals surface area (Å²) in [6.45, 7) is 2.73. The van der Waals surface area contributed by atoms with Crippen molar-refractivity contribution in [1.29, 1.82) is 0 Å². The summed E-state index contributed by atoms with van der Waals surface area (Å²) in [5, 5.41) is 0.932. The summed E-state index contributed by atoms with van der Waals surface area (Å²) in [5.41, 5.74) is 3.85. The molecule has 0 aliphatic carbocycles. The van der Waals surface area contributed by atoms with Gasteiger partial charge in [-0.05, 0) is 24.1 Å². The minimum Gasteiger partial charge on any atom is -0.343 e. The Bertz CT molecular complexity index is 915. The molecule has 3 rings (SSSR count). The molecule has 0 radical (unpaired) electrons. The van der Waals surface area contributed by atoms with Crippen LogP contribution in [0.1, 0.15) is 11.1 Å². The first-order valence-electron chi connectivity index (χ1n) is 7.25. The third-order valence-electron chi connectivity index (χ3n) is 3.84. The van der Waals surface area contributed by atoms with Crippen molar-refractivity contribution in [1.82, 2.24) is 4.57 Å². The highest BCUT2D eigenvalue weighted by Gasteiger charge is 2.11. The Kier molecular flexibility index (Phi) is 4.56. The molecule has 1 aromatic heterocycles. The first-order valence-corrected chi connectivity index (χ1v) is 8.01. The van der Waals surface area contributed by atoms with E-state index in [9.17, 15) is 4.79 Å². The predicted molar refractivity (Wildman–Crippen MR) is 96.4 cm³/mol. The number of hydrogen-bond acceptors (Lipinski definition) is 1. The molecule has 2 aromatic carbocycles. The van der Waals surface area contributed by atoms with Gasteiger partial charge in [0.1, 0.15) is 0 Å². The van der Waals surface area contributed by atoms with Crippen molar-refractivity contribution in [3.63, 3.8) is 0 Å². The van der Waals surface area contributed by atoms with Crippen LogP contribution < -0.4 is 5.43 Å². The van der Waals surface area contributed by atoms with Crippen molar-refractivity contribution in [3.8, 4) is 11.3 Å². The zero-order valence-electron chi connectivity index (χ0n) is 12.6. The molecule has 2 nitrogen and oxygen atoms in total. The third-order valence-corrected chi connectivity index (χ3v) is 4.66. The first-order chi connectivity index (χ1) is 11.1. The molecule has 0 unspecified atom stereocenters. The van der Waals surface area contributed by atoms with Crippen LogP contribution in [0, 0.1) is 6.92 Å². The van der Waals surface area contributed by atoms with Crippen molar-refractivity contribution in [2.24, 2.45) is 0 Å². The van der Waals surface area contributed by atoms with Crippen molar-refractivity contribution in [3.05, 3.63) is 92.2 Å². The van der Waals surface area contributed by atoms with E-state index >= 15 is 0 Å². The maximum atomic E-state index is 11.8. The van der Waals surface area contributed by atoms with E-state index in [0.717, 1.165) is 11.3 Å². The fraction of sp³-hybridized carbons (Fsp3) is 0.105. The van der Waals surface area contributed by atoms with Crippen LogP contribution in [-0.2, 0) is 6.54 Å². The fourth-order valence-corrected chi connectivity index (χ4v) is 2.95. The van der Waals surface area contributed by atoms with Gasteiger partial charge in [0.25, 0.3) is 0 Å². The highest BCUT2D eigenvalue weighted by atomic mass is 35.5. The fourth-order valence-electron chi connectivity index (χ4n) is 2.55. The van der Waals surface area contributed by atoms with Gasteiger partial charge in [-0.15, -0.1) is 0 Å². The average molecular weight is 344 g/mol. The van der Waals surface area contributed by atoms with Gasteiger partial charge in [-0.25, -0.2) is 0 Å². The van der Waals surface area contributed by atoms with E-state index in [1.54, 1.807) is 24.4 Å². The number of halogens is 2. The van der Waals surface area contributed by atoms with E-state index in [1.807, 2.05) is 28.8 Å². The molecule has 0 fully saturated rings. The second kappa shape index (κ2) is 6.61. The molecule has 0 atom stereocenters. The topological polar surface area (TPSA) is 22.0 Å². The summed E-state index contributed by atoms with van der Waals surface area (Å²) in [5.74, 6) is 0. The molecule has 3 aromatic rings. The zero-order chi connectivity index (χ0) is 16.4. The van der Waals surface area contributed by atoms with E-state index in [2.05, 4.69) is 19.1 Å². The molecule has 1 heterocycles. The van der Waals surface area contributed by atoms with Gasteiger partial charge < -0.3 is 4.57 Å². The van der Waals surface area contributed by atoms with Gasteiger partial charge in [0, 0.05) is 30.4 Å². The molecule has 4 heteroatoms. The van der Waals surface area contributed by atoms with E-state index in [4.69, 9.17) is 23.2 Å². The van der Waals surface area contributed by atoms with Crippen molar-refractivity contribution in [2.75, 3.05) is 0 Å². The van der Waals surface area contributed by atoms with Crippen LogP contribution in [0.15, 0.2) is 65.6 Å². The molecular formula is C19H15Cl2NO. The summed E-state index contributed by atoms with van der Waals surface area (Å²) in [4.78, 5) is 11.8. The predicted octanol–water partition coefficient (Wildman–Crippen LogP) is 5.18. The Labute approximate surface area is 144 Å². The summed E-state index contributed by atoms with van der Waals surface area (Å²) >= 11 is 12.5. The Hall–Kier alpha value is -2.03. The van der Waals surface area contributed by atoms with E-state index in [1.165, 1.54) is 11.1 Å². The second-order valence-electron chi connectivity index (χ2n) is 5.40. The minimum absolute atomic E-state index is 0.0583. The standard InChI is InChI=1S/C19H15Cl2NO/c1-13-5-2-3-6-14(13)12-22-10-9-15(23)11-18(22)16-7-4-8-17(20)19(16)21/h2-11H,12H2,1H3. The van der Waals surface area contributed by atoms with Gasteiger partial charge in [-0.3, -0.25) is 4.79 Å². The van der Waals surface area contributed by atoms with Gasteiger partial charge >= 0.3 is 0 Å². The second-order valence-corrected chi connectivity index (χ2v) is 6.19. The molecule has 0 spiro atoms. The van der Waals surface area contributed by atoms with E-state index in [0.29, 0.717) is 16.6 Å². The molecule has 0 aliphatic rings. The molecule has 0 bridgehead atoms. The van der Waals surface area contributed by atoms with Crippen LogP contribution in [0.2, 0.25) is 10.0 Å². The number of rotatable bonds is 3. The summed E-state index contributed by atoms with van der Waals surface area (Å²) < 4.78 is 2.02. The molecule has 0 saturated heterocycles. The number of hydrogen-bond donors (Lipinski definition) is 0. The van der Waals surface area contributed by atoms with Crippen LogP contribution in [0.4, 0.5) is 0 Å². The van der Waals surface area contributed by atoms with Crippen LogP contribution in [0.5, 0.6) is 0 Å². The number of aromatic nitrogens is 1. The minimum atomic E-state index is -0.0583. The zero-order valence-corrected chi connectivity index (χ0v) is 14.1. The van der Waals surface area contributed by atoms with E-state index < -0.39 is 0 Å². The Morgan fingerprint density at radius 3 is 2.57 bits per heavy atom. The third kappa shape index (κ3) is 3.34. The molecule has 0 amide bonds. The van der Waals surface area contributed by atoms with Gasteiger partial charge in [-0.1, -0.05) is 59.6 Å². The number of pyridine rings is 1. The highest BCUT2D eigenvalue weighted by molar-refractivity contribution is 6.43. The molecule has 116 valence electrons. The average Bonchev–Trinajstić information content (AvgIpc) is 2.54. The summed E-state index contributed by atoms with van der Waals surface area (Å²) in [6, 6.07) is 16.8. The monoisotopic (exact) mass is 343 g/mol. The van der Waals surface area contributed by atoms with Gasteiger partial charge in [0.05, 0.1) is 15.7 Å². The molecule has 0 aliphatic heterocycles. The van der Waals surface area contributed by atoms with Crippen molar-refractivity contribution >= 4 is 23.2 Å². The quantitative estimate of drug-likeness (QED) is 0.642. The van der Waals surface area contributed by atoms with Crippen LogP contribution >= 0.6 is 23.2 Å². The van der Waals surface area contributed by atoms with Gasteiger partial charge in [0.15, 0.2) is 5.43 Å². The first kappa shape index (κ1) is 15.9. The van der Waals surface area contributed by atoms with Crippen LogP contribution in [0.25, 0.3) is 11.3 Å². The molecular weight excluding hydrogens is 329 g/mol. The number of aryl methyl sites for hydroxylation is 1. The maximum absolute atomic E-state index is 11.8. The van der Waals surface area contributed by atoms with Crippen LogP contribution in [0.3, 0.4) is 0 Å². The van der Waals surface area contributed by atoms with Gasteiger partial charge in [-0.2, -0.15) is 0 Å². The number of nitrogens with zero attached hydrogens (tertiary/aromatic N) is 1. The smallest absolute Gasteiger partial charge is 0.182 e. The van der Waals surface area contributed by atoms with Crippen LogP contribution in [-0.4, -0.2) is 4.57 Å². The normalized spacial score (nSPS) is 10.7. The summed E-state index contributed by atoms with van der Waals surface area (Å²) in [6.07, 6.45) is 1.79. The lowest BCUT2D eigenvalue weighted by Crippen LogP contribution is -2.10. The van der Waals surface area contributed by atoms with Gasteiger partial charge in [0.2, 0.25) is 0 Å². The molecule has 0 saturated carbocycles. The largest absolute Gasteiger partial charge is 0.343 e. The maximum Gasteiger partial charge on any atom is 0.182 e. The van der Waals surface area contributed by atoms with E-state index in [-0.39, 0.29) is 5.43 Å². The Morgan fingerprint density at radius 2 is 1.78 bits per heavy atom. The number of benzene rings is 2. The Balaban J connectivity index is 2.14. The Morgan fingerprint density at radius 1 is 1.00 bits per heavy atom. The highest BCUT2D eigenvalue weighted by Crippen LogP contribution is 2.33.